The standard InChI is InChI=1S/C23H24N4O2/c24-23-25-14-19(15-26-23)20-6-2-3-7-21(20)29-16-17-8-10-18(11-9-17)22(28)27-12-4-1-5-13-27/h2-3,6-11,14-15H,1,4-5,12-13,16H2,(H2,24,25,26). The number of nitrogens with two attached hydrogens (primary N) is 1. The monoisotopic (exact) mass is 388 g/mol. The summed E-state index contributed by atoms with van der Waals surface area (Å²) in [4.78, 5) is 22.6. The maximum Gasteiger partial charge on any atom is 0.253 e. The molecule has 0 atom stereocenters. The Bertz CT molecular complexity index is 965. The van der Waals surface area contributed by atoms with Crippen LogP contribution in [0.15, 0.2) is 60.9 Å². The lowest BCUT2D eigenvalue weighted by Crippen LogP contribution is -2.35. The third-order valence-electron chi connectivity index (χ3n) is 5.11. The largest absolute Gasteiger partial charge is 0.488 e. The molecule has 0 aliphatic carbocycles. The summed E-state index contributed by atoms with van der Waals surface area (Å²) in [6, 6.07) is 15.4. The van der Waals surface area contributed by atoms with Crippen molar-refractivity contribution in [2.24, 2.45) is 0 Å². The van der Waals surface area contributed by atoms with Gasteiger partial charge >= 0.3 is 0 Å². The van der Waals surface area contributed by atoms with E-state index in [-0.39, 0.29) is 11.9 Å². The van der Waals surface area contributed by atoms with E-state index in [1.807, 2.05) is 53.4 Å². The topological polar surface area (TPSA) is 81.3 Å². The molecule has 148 valence electrons. The Morgan fingerprint density at radius 1 is 0.966 bits per heavy atom. The van der Waals surface area contributed by atoms with E-state index in [1.165, 1.54) is 6.42 Å². The smallest absolute Gasteiger partial charge is 0.253 e. The Hall–Kier alpha value is -3.41. The van der Waals surface area contributed by atoms with Crippen molar-refractivity contribution < 1.29 is 9.53 Å². The number of likely N-dealkylation sites (tertiary alicyclic amines) is 1. The maximum absolute atomic E-state index is 12.6. The molecule has 2 N–H and O–H groups in total. The summed E-state index contributed by atoms with van der Waals surface area (Å²) in [7, 11) is 0. The lowest BCUT2D eigenvalue weighted by molar-refractivity contribution is 0.0724. The van der Waals surface area contributed by atoms with Gasteiger partial charge in [0.25, 0.3) is 5.91 Å². The zero-order chi connectivity index (χ0) is 20.1. The zero-order valence-electron chi connectivity index (χ0n) is 16.3. The molecule has 0 radical (unpaired) electrons. The van der Waals surface area contributed by atoms with Gasteiger partial charge in [0.1, 0.15) is 12.4 Å². The molecule has 4 rings (SSSR count). The van der Waals surface area contributed by atoms with E-state index in [9.17, 15) is 4.79 Å². The van der Waals surface area contributed by atoms with Gasteiger partial charge in [0.05, 0.1) is 0 Å². The molecule has 0 bridgehead atoms. The van der Waals surface area contributed by atoms with Crippen LogP contribution in [0.1, 0.15) is 35.2 Å². The van der Waals surface area contributed by atoms with E-state index in [0.29, 0.717) is 6.61 Å². The van der Waals surface area contributed by atoms with Crippen molar-refractivity contribution in [3.8, 4) is 16.9 Å². The van der Waals surface area contributed by atoms with Crippen LogP contribution in [-0.4, -0.2) is 33.9 Å². The van der Waals surface area contributed by atoms with E-state index in [4.69, 9.17) is 10.5 Å². The third kappa shape index (κ3) is 4.54. The van der Waals surface area contributed by atoms with Gasteiger partial charge < -0.3 is 15.4 Å². The van der Waals surface area contributed by atoms with Gasteiger partial charge in [0.2, 0.25) is 5.95 Å². The van der Waals surface area contributed by atoms with Gasteiger partial charge in [-0.05, 0) is 43.0 Å². The van der Waals surface area contributed by atoms with Gasteiger partial charge in [-0.2, -0.15) is 0 Å². The van der Waals surface area contributed by atoms with E-state index in [0.717, 1.165) is 53.9 Å². The van der Waals surface area contributed by atoms with Gasteiger partial charge in [-0.1, -0.05) is 30.3 Å². The van der Waals surface area contributed by atoms with E-state index < -0.39 is 0 Å². The lowest BCUT2D eigenvalue weighted by atomic mass is 10.1. The molecular weight excluding hydrogens is 364 g/mol. The molecule has 1 saturated heterocycles. The number of nitrogen functional groups attached to an aromatic ring is 1. The first-order valence-electron chi connectivity index (χ1n) is 9.88. The molecule has 1 aliphatic rings. The molecule has 1 fully saturated rings. The summed E-state index contributed by atoms with van der Waals surface area (Å²) >= 11 is 0. The summed E-state index contributed by atoms with van der Waals surface area (Å²) in [6.07, 6.45) is 6.77. The normalized spacial score (nSPS) is 13.9. The molecule has 2 aromatic carbocycles. The van der Waals surface area contributed by atoms with Crippen LogP contribution in [0.4, 0.5) is 5.95 Å². The van der Waals surface area contributed by atoms with Crippen molar-refractivity contribution in [1.82, 2.24) is 14.9 Å². The number of hydrogen-bond acceptors (Lipinski definition) is 5. The summed E-state index contributed by atoms with van der Waals surface area (Å²) in [5, 5.41) is 0. The molecule has 1 amide bonds. The first-order chi connectivity index (χ1) is 14.2. The quantitative estimate of drug-likeness (QED) is 0.716. The summed E-state index contributed by atoms with van der Waals surface area (Å²) in [6.45, 7) is 2.12. The molecule has 1 aromatic heterocycles. The average Bonchev–Trinajstić information content (AvgIpc) is 2.79. The fourth-order valence-electron chi connectivity index (χ4n) is 3.49. The number of carbonyl (C=O) groups is 1. The van der Waals surface area contributed by atoms with Crippen molar-refractivity contribution in [2.45, 2.75) is 25.9 Å². The number of piperidine rings is 1. The van der Waals surface area contributed by atoms with Gasteiger partial charge in [-0.25, -0.2) is 9.97 Å². The number of para-hydroxylation sites is 1. The van der Waals surface area contributed by atoms with Gasteiger partial charge in [0.15, 0.2) is 0 Å². The van der Waals surface area contributed by atoms with Crippen LogP contribution in [0.25, 0.3) is 11.1 Å². The van der Waals surface area contributed by atoms with Crippen LogP contribution in [0, 0.1) is 0 Å². The molecular formula is C23H24N4O2. The Morgan fingerprint density at radius 2 is 1.66 bits per heavy atom. The number of benzene rings is 2. The number of aromatic nitrogens is 2. The Balaban J connectivity index is 1.43. The summed E-state index contributed by atoms with van der Waals surface area (Å²) in [5.41, 5.74) is 9.06. The van der Waals surface area contributed by atoms with Crippen molar-refractivity contribution in [2.75, 3.05) is 18.8 Å². The second-order valence-corrected chi connectivity index (χ2v) is 7.16. The van der Waals surface area contributed by atoms with Crippen LogP contribution in [0.5, 0.6) is 5.75 Å². The third-order valence-corrected chi connectivity index (χ3v) is 5.11. The first kappa shape index (κ1) is 18.9. The second-order valence-electron chi connectivity index (χ2n) is 7.16. The number of hydrogen-bond donors (Lipinski definition) is 1. The fraction of sp³-hybridized carbons (Fsp3) is 0.261. The number of amides is 1. The molecule has 29 heavy (non-hydrogen) atoms. The number of nitrogens with zero attached hydrogens (tertiary/aromatic N) is 3. The zero-order valence-corrected chi connectivity index (χ0v) is 16.3. The lowest BCUT2D eigenvalue weighted by Gasteiger charge is -2.26. The van der Waals surface area contributed by atoms with Crippen molar-refractivity contribution >= 4 is 11.9 Å². The number of anilines is 1. The van der Waals surface area contributed by atoms with E-state index >= 15 is 0 Å². The van der Waals surface area contributed by atoms with Crippen molar-refractivity contribution in [3.05, 3.63) is 72.1 Å². The average molecular weight is 388 g/mol. The highest BCUT2D eigenvalue weighted by molar-refractivity contribution is 5.94. The van der Waals surface area contributed by atoms with Crippen molar-refractivity contribution in [3.63, 3.8) is 0 Å². The van der Waals surface area contributed by atoms with Gasteiger partial charge in [-0.3, -0.25) is 4.79 Å². The molecule has 3 aromatic rings. The minimum Gasteiger partial charge on any atom is -0.488 e. The molecule has 0 spiro atoms. The predicted octanol–water partition coefficient (Wildman–Crippen LogP) is 3.93. The first-order valence-corrected chi connectivity index (χ1v) is 9.88. The van der Waals surface area contributed by atoms with Crippen LogP contribution < -0.4 is 10.5 Å². The molecule has 6 heteroatoms. The second kappa shape index (κ2) is 8.73. The highest BCUT2D eigenvalue weighted by Crippen LogP contribution is 2.29. The molecule has 1 aliphatic heterocycles. The van der Waals surface area contributed by atoms with Crippen LogP contribution in [0.2, 0.25) is 0 Å². The summed E-state index contributed by atoms with van der Waals surface area (Å²) < 4.78 is 6.04. The molecule has 0 unspecified atom stereocenters. The minimum atomic E-state index is 0.117. The fourth-order valence-corrected chi connectivity index (χ4v) is 3.49. The Morgan fingerprint density at radius 3 is 2.38 bits per heavy atom. The minimum absolute atomic E-state index is 0.117. The van der Waals surface area contributed by atoms with Gasteiger partial charge in [0, 0.05) is 42.2 Å². The van der Waals surface area contributed by atoms with Crippen LogP contribution in [-0.2, 0) is 6.61 Å². The van der Waals surface area contributed by atoms with Crippen LogP contribution >= 0.6 is 0 Å². The van der Waals surface area contributed by atoms with E-state index in [1.54, 1.807) is 12.4 Å². The number of carbonyl (C=O) groups excluding carboxylic acids is 1. The summed E-state index contributed by atoms with van der Waals surface area (Å²) in [5.74, 6) is 1.10. The molecule has 2 heterocycles. The maximum atomic E-state index is 12.6. The predicted molar refractivity (Wildman–Crippen MR) is 112 cm³/mol. The SMILES string of the molecule is Nc1ncc(-c2ccccc2OCc2ccc(C(=O)N3CCCCC3)cc2)cn1. The number of rotatable bonds is 5. The van der Waals surface area contributed by atoms with Crippen molar-refractivity contribution in [1.29, 1.82) is 0 Å². The van der Waals surface area contributed by atoms with Crippen LogP contribution in [0.3, 0.4) is 0 Å². The highest BCUT2D eigenvalue weighted by Gasteiger charge is 2.18. The molecule has 6 nitrogen and oxygen atoms in total. The highest BCUT2D eigenvalue weighted by atomic mass is 16.5. The Kier molecular flexibility index (Phi) is 5.70. The van der Waals surface area contributed by atoms with E-state index in [2.05, 4.69) is 9.97 Å². The Labute approximate surface area is 170 Å². The van der Waals surface area contributed by atoms with Gasteiger partial charge in [-0.15, -0.1) is 0 Å². The molecule has 0 saturated carbocycles. The number of ether oxygens (including phenoxy) is 1.